The van der Waals surface area contributed by atoms with Crippen LogP contribution >= 0.6 is 11.3 Å². The Labute approximate surface area is 182 Å². The molecular weight excluding hydrogens is 423 g/mol. The van der Waals surface area contributed by atoms with Gasteiger partial charge in [0, 0.05) is 22.6 Å². The second-order valence-electron chi connectivity index (χ2n) is 8.51. The lowest BCUT2D eigenvalue weighted by molar-refractivity contribution is -0.137. The number of hydrogen-bond donors (Lipinski definition) is 1. The first-order valence-electron chi connectivity index (χ1n) is 9.71. The second-order valence-corrected chi connectivity index (χ2v) is 9.49. The van der Waals surface area contributed by atoms with Crippen molar-refractivity contribution in [3.05, 3.63) is 74.9 Å². The predicted molar refractivity (Wildman–Crippen MR) is 113 cm³/mol. The number of alkyl halides is 3. The van der Waals surface area contributed by atoms with Crippen molar-refractivity contribution >= 4 is 22.8 Å². The van der Waals surface area contributed by atoms with Crippen LogP contribution in [0.15, 0.2) is 64.4 Å². The van der Waals surface area contributed by atoms with E-state index < -0.39 is 23.1 Å². The standard InChI is InChI=1S/C23H20F3N3OS/c1-22(2)10-16-20(17(30)11-22)19(18-8-5-9-31-18)13(12-27)21(28)29(16)15-7-4-3-6-14(15)23(24,25)26/h3-9,19H,10-11,28H2,1-2H3/t19-/m0/s1. The van der Waals surface area contributed by atoms with Crippen molar-refractivity contribution in [1.29, 1.82) is 5.26 Å². The molecule has 0 unspecified atom stereocenters. The molecule has 0 saturated carbocycles. The highest BCUT2D eigenvalue weighted by molar-refractivity contribution is 7.10. The van der Waals surface area contributed by atoms with Crippen LogP contribution in [0, 0.1) is 16.7 Å². The average Bonchev–Trinajstić information content (AvgIpc) is 3.20. The van der Waals surface area contributed by atoms with Gasteiger partial charge in [-0.15, -0.1) is 11.3 Å². The quantitative estimate of drug-likeness (QED) is 0.646. The van der Waals surface area contributed by atoms with Crippen molar-refractivity contribution in [3.63, 3.8) is 0 Å². The number of halogens is 3. The molecule has 4 nitrogen and oxygen atoms in total. The van der Waals surface area contributed by atoms with E-state index in [0.717, 1.165) is 10.9 Å². The highest BCUT2D eigenvalue weighted by atomic mass is 32.1. The first-order valence-corrected chi connectivity index (χ1v) is 10.6. The molecule has 2 heterocycles. The summed E-state index contributed by atoms with van der Waals surface area (Å²) in [6, 6.07) is 10.8. The maximum absolute atomic E-state index is 13.8. The molecule has 0 amide bonds. The van der Waals surface area contributed by atoms with Crippen LogP contribution in [-0.4, -0.2) is 5.78 Å². The number of hydrogen-bond acceptors (Lipinski definition) is 5. The normalized spacial score (nSPS) is 21.2. The van der Waals surface area contributed by atoms with Crippen molar-refractivity contribution in [2.45, 2.75) is 38.8 Å². The van der Waals surface area contributed by atoms with Crippen LogP contribution in [0.3, 0.4) is 0 Å². The SMILES string of the molecule is CC1(C)CC(=O)C2=C(C1)N(c1ccccc1C(F)(F)F)C(N)=C(C#N)[C@H]2c1cccs1. The molecule has 0 spiro atoms. The zero-order chi connectivity index (χ0) is 22.6. The fourth-order valence-electron chi connectivity index (χ4n) is 4.43. The Kier molecular flexibility index (Phi) is 4.97. The number of carbonyl (C=O) groups is 1. The summed E-state index contributed by atoms with van der Waals surface area (Å²) in [5.41, 5.74) is 5.78. The number of ketones is 1. The van der Waals surface area contributed by atoms with Crippen LogP contribution in [0.2, 0.25) is 0 Å². The number of allylic oxidation sites excluding steroid dienone is 3. The van der Waals surface area contributed by atoms with Crippen LogP contribution in [0.25, 0.3) is 0 Å². The maximum Gasteiger partial charge on any atom is 0.418 e. The molecule has 1 aliphatic carbocycles. The van der Waals surface area contributed by atoms with E-state index in [1.54, 1.807) is 0 Å². The molecule has 2 aromatic rings. The van der Waals surface area contributed by atoms with Gasteiger partial charge in [-0.25, -0.2) is 0 Å². The number of nitrogens with two attached hydrogens (primary N) is 1. The molecule has 1 atom stereocenters. The fourth-order valence-corrected chi connectivity index (χ4v) is 5.28. The lowest BCUT2D eigenvalue weighted by Crippen LogP contribution is -2.42. The van der Waals surface area contributed by atoms with Crippen molar-refractivity contribution in [2.75, 3.05) is 4.90 Å². The summed E-state index contributed by atoms with van der Waals surface area (Å²) in [7, 11) is 0. The molecular formula is C23H20F3N3OS. The zero-order valence-corrected chi connectivity index (χ0v) is 17.8. The molecule has 1 aromatic heterocycles. The van der Waals surface area contributed by atoms with Gasteiger partial charge < -0.3 is 5.73 Å². The number of nitriles is 1. The zero-order valence-electron chi connectivity index (χ0n) is 17.0. The summed E-state index contributed by atoms with van der Waals surface area (Å²) in [5, 5.41) is 11.8. The number of Topliss-reactive ketones (excluding diaryl/α,β-unsaturated/α-hetero) is 1. The maximum atomic E-state index is 13.8. The van der Waals surface area contributed by atoms with Crippen molar-refractivity contribution in [3.8, 4) is 6.07 Å². The Hall–Kier alpha value is -3.05. The molecule has 1 aromatic carbocycles. The van der Waals surface area contributed by atoms with E-state index in [4.69, 9.17) is 5.73 Å². The minimum absolute atomic E-state index is 0.0677. The van der Waals surface area contributed by atoms with E-state index in [-0.39, 0.29) is 29.3 Å². The molecule has 160 valence electrons. The lowest BCUT2D eigenvalue weighted by Gasteiger charge is -2.44. The Balaban J connectivity index is 2.04. The van der Waals surface area contributed by atoms with E-state index >= 15 is 0 Å². The first-order chi connectivity index (χ1) is 14.5. The molecule has 4 rings (SSSR count). The van der Waals surface area contributed by atoms with Gasteiger partial charge in [-0.05, 0) is 35.4 Å². The Bertz CT molecular complexity index is 1150. The van der Waals surface area contributed by atoms with Gasteiger partial charge in [-0.2, -0.15) is 18.4 Å². The van der Waals surface area contributed by atoms with Gasteiger partial charge in [0.2, 0.25) is 0 Å². The third-order valence-electron chi connectivity index (χ3n) is 5.66. The average molecular weight is 443 g/mol. The number of rotatable bonds is 2. The lowest BCUT2D eigenvalue weighted by atomic mass is 9.69. The van der Waals surface area contributed by atoms with Crippen molar-refractivity contribution in [1.82, 2.24) is 0 Å². The van der Waals surface area contributed by atoms with Gasteiger partial charge in [-0.3, -0.25) is 9.69 Å². The highest BCUT2D eigenvalue weighted by Gasteiger charge is 2.46. The number of carbonyl (C=O) groups excluding carboxylic acids is 1. The first kappa shape index (κ1) is 21.2. The van der Waals surface area contributed by atoms with E-state index in [1.807, 2.05) is 31.4 Å². The summed E-state index contributed by atoms with van der Waals surface area (Å²) < 4.78 is 41.5. The van der Waals surface area contributed by atoms with Gasteiger partial charge in [-0.1, -0.05) is 32.0 Å². The topological polar surface area (TPSA) is 70.1 Å². The van der Waals surface area contributed by atoms with Crippen LogP contribution in [-0.2, 0) is 11.0 Å². The highest BCUT2D eigenvalue weighted by Crippen LogP contribution is 2.52. The molecule has 2 N–H and O–H groups in total. The summed E-state index contributed by atoms with van der Waals surface area (Å²) in [6.07, 6.45) is -4.01. The monoisotopic (exact) mass is 443 g/mol. The largest absolute Gasteiger partial charge is 0.418 e. The molecule has 0 fully saturated rings. The summed E-state index contributed by atoms with van der Waals surface area (Å²) >= 11 is 1.39. The molecule has 31 heavy (non-hydrogen) atoms. The summed E-state index contributed by atoms with van der Waals surface area (Å²) in [5.74, 6) is -0.904. The molecule has 0 bridgehead atoms. The van der Waals surface area contributed by atoms with Crippen LogP contribution in [0.1, 0.15) is 43.0 Å². The van der Waals surface area contributed by atoms with Gasteiger partial charge in [0.1, 0.15) is 5.82 Å². The van der Waals surface area contributed by atoms with Crippen LogP contribution in [0.4, 0.5) is 18.9 Å². The van der Waals surface area contributed by atoms with E-state index in [1.165, 1.54) is 34.4 Å². The molecule has 2 aliphatic rings. The van der Waals surface area contributed by atoms with Gasteiger partial charge in [0.05, 0.1) is 28.8 Å². The van der Waals surface area contributed by atoms with Crippen molar-refractivity contribution in [2.24, 2.45) is 11.1 Å². The van der Waals surface area contributed by atoms with E-state index in [0.29, 0.717) is 17.7 Å². The fraction of sp³-hybridized carbons (Fsp3) is 0.304. The smallest absolute Gasteiger partial charge is 0.384 e. The second kappa shape index (κ2) is 7.27. The van der Waals surface area contributed by atoms with E-state index in [9.17, 15) is 23.2 Å². The predicted octanol–water partition coefficient (Wildman–Crippen LogP) is 5.71. The third kappa shape index (κ3) is 3.53. The Morgan fingerprint density at radius 2 is 1.90 bits per heavy atom. The molecule has 1 aliphatic heterocycles. The third-order valence-corrected chi connectivity index (χ3v) is 6.60. The summed E-state index contributed by atoms with van der Waals surface area (Å²) in [6.45, 7) is 3.81. The number of nitrogens with zero attached hydrogens (tertiary/aromatic N) is 2. The number of anilines is 1. The Morgan fingerprint density at radius 3 is 2.52 bits per heavy atom. The molecule has 8 heteroatoms. The van der Waals surface area contributed by atoms with Crippen LogP contribution in [0.5, 0.6) is 0 Å². The van der Waals surface area contributed by atoms with Gasteiger partial charge >= 0.3 is 6.18 Å². The molecule has 0 saturated heterocycles. The van der Waals surface area contributed by atoms with E-state index in [2.05, 4.69) is 6.07 Å². The van der Waals surface area contributed by atoms with Gasteiger partial charge in [0.25, 0.3) is 0 Å². The van der Waals surface area contributed by atoms with Gasteiger partial charge in [0.15, 0.2) is 5.78 Å². The number of para-hydroxylation sites is 1. The summed E-state index contributed by atoms with van der Waals surface area (Å²) in [4.78, 5) is 15.3. The van der Waals surface area contributed by atoms with Crippen molar-refractivity contribution < 1.29 is 18.0 Å². The molecule has 0 radical (unpaired) electrons. The Morgan fingerprint density at radius 1 is 1.19 bits per heavy atom. The van der Waals surface area contributed by atoms with Crippen LogP contribution < -0.4 is 10.6 Å². The number of benzene rings is 1. The minimum Gasteiger partial charge on any atom is -0.384 e. The minimum atomic E-state index is -4.62. The number of thiophene rings is 1.